The molecule has 4 heteroatoms. The lowest BCUT2D eigenvalue weighted by Crippen LogP contribution is -2.19. The highest BCUT2D eigenvalue weighted by Crippen LogP contribution is 2.25. The maximum atomic E-state index is 9.98. The molecule has 1 aromatic carbocycles. The average molecular weight is 282 g/mol. The molecular formula is C12H12BrNO2. The van der Waals surface area contributed by atoms with Crippen molar-refractivity contribution >= 4 is 26.8 Å². The standard InChI is InChI=1S/C12H12BrNO2/c13-7-11(15)12(16)9-3-1-5-10-8(9)4-2-6-14-10/h1-6,11-12,15-16H,7H2. The molecule has 0 amide bonds. The van der Waals surface area contributed by atoms with E-state index in [1.807, 2.05) is 24.3 Å². The number of pyridine rings is 1. The number of aromatic nitrogens is 1. The normalized spacial score (nSPS) is 14.9. The number of benzene rings is 1. The van der Waals surface area contributed by atoms with Gasteiger partial charge >= 0.3 is 0 Å². The monoisotopic (exact) mass is 281 g/mol. The van der Waals surface area contributed by atoms with E-state index in [9.17, 15) is 10.2 Å². The lowest BCUT2D eigenvalue weighted by molar-refractivity contribution is 0.0352. The predicted octanol–water partition coefficient (Wildman–Crippen LogP) is 2.02. The van der Waals surface area contributed by atoms with Crippen LogP contribution >= 0.6 is 15.9 Å². The first kappa shape index (κ1) is 11.5. The highest BCUT2D eigenvalue weighted by atomic mass is 79.9. The van der Waals surface area contributed by atoms with E-state index in [0.29, 0.717) is 10.9 Å². The van der Waals surface area contributed by atoms with Crippen molar-refractivity contribution in [3.8, 4) is 0 Å². The van der Waals surface area contributed by atoms with Gasteiger partial charge in [-0.3, -0.25) is 4.98 Å². The van der Waals surface area contributed by atoms with Crippen molar-refractivity contribution in [3.63, 3.8) is 0 Å². The number of rotatable bonds is 3. The number of alkyl halides is 1. The molecule has 0 saturated carbocycles. The van der Waals surface area contributed by atoms with E-state index >= 15 is 0 Å². The van der Waals surface area contributed by atoms with Crippen molar-refractivity contribution in [2.24, 2.45) is 0 Å². The smallest absolute Gasteiger partial charge is 0.106 e. The van der Waals surface area contributed by atoms with E-state index in [-0.39, 0.29) is 0 Å². The van der Waals surface area contributed by atoms with Gasteiger partial charge in [0.1, 0.15) is 6.10 Å². The van der Waals surface area contributed by atoms with Crippen LogP contribution in [0.4, 0.5) is 0 Å². The van der Waals surface area contributed by atoms with Crippen LogP contribution in [-0.2, 0) is 0 Å². The Labute approximate surface area is 102 Å². The molecule has 0 aliphatic rings. The highest BCUT2D eigenvalue weighted by Gasteiger charge is 2.19. The molecule has 2 aromatic rings. The maximum Gasteiger partial charge on any atom is 0.106 e. The third kappa shape index (κ3) is 2.09. The lowest BCUT2D eigenvalue weighted by Gasteiger charge is -2.17. The number of hydrogen-bond acceptors (Lipinski definition) is 3. The fourth-order valence-corrected chi connectivity index (χ4v) is 2.03. The molecule has 1 aromatic heterocycles. The first-order chi connectivity index (χ1) is 7.74. The van der Waals surface area contributed by atoms with Crippen molar-refractivity contribution in [2.75, 3.05) is 5.33 Å². The second-order valence-electron chi connectivity index (χ2n) is 3.58. The van der Waals surface area contributed by atoms with Crippen LogP contribution in [-0.4, -0.2) is 26.6 Å². The summed E-state index contributed by atoms with van der Waals surface area (Å²) in [5.74, 6) is 0. The molecule has 0 fully saturated rings. The number of fused-ring (bicyclic) bond motifs is 1. The Balaban J connectivity index is 2.52. The second-order valence-corrected chi connectivity index (χ2v) is 4.23. The number of hydrogen-bond donors (Lipinski definition) is 2. The zero-order valence-electron chi connectivity index (χ0n) is 8.55. The van der Waals surface area contributed by atoms with E-state index < -0.39 is 12.2 Å². The van der Waals surface area contributed by atoms with E-state index in [4.69, 9.17) is 0 Å². The molecule has 0 radical (unpaired) electrons. The first-order valence-corrected chi connectivity index (χ1v) is 6.12. The van der Waals surface area contributed by atoms with Gasteiger partial charge < -0.3 is 10.2 Å². The van der Waals surface area contributed by atoms with Crippen molar-refractivity contribution < 1.29 is 10.2 Å². The van der Waals surface area contributed by atoms with Crippen LogP contribution in [0.25, 0.3) is 10.9 Å². The summed E-state index contributed by atoms with van der Waals surface area (Å²) in [5, 5.41) is 20.8. The van der Waals surface area contributed by atoms with E-state index in [2.05, 4.69) is 20.9 Å². The maximum absolute atomic E-state index is 9.98. The summed E-state index contributed by atoms with van der Waals surface area (Å²) in [6.45, 7) is 0. The first-order valence-electron chi connectivity index (χ1n) is 5.00. The molecule has 2 unspecified atom stereocenters. The highest BCUT2D eigenvalue weighted by molar-refractivity contribution is 9.09. The van der Waals surface area contributed by atoms with Gasteiger partial charge in [-0.05, 0) is 17.7 Å². The van der Waals surface area contributed by atoms with Gasteiger partial charge in [-0.25, -0.2) is 0 Å². The zero-order valence-corrected chi connectivity index (χ0v) is 10.1. The molecule has 1 heterocycles. The van der Waals surface area contributed by atoms with Crippen molar-refractivity contribution in [1.82, 2.24) is 4.98 Å². The summed E-state index contributed by atoms with van der Waals surface area (Å²) in [6.07, 6.45) is -0.00236. The molecule has 0 aliphatic carbocycles. The number of halogens is 1. The van der Waals surface area contributed by atoms with Gasteiger partial charge in [-0.2, -0.15) is 0 Å². The zero-order chi connectivity index (χ0) is 11.5. The third-order valence-electron chi connectivity index (χ3n) is 2.52. The van der Waals surface area contributed by atoms with Crippen LogP contribution in [0.2, 0.25) is 0 Å². The minimum atomic E-state index is -0.896. The molecule has 0 saturated heterocycles. The Morgan fingerprint density at radius 3 is 2.75 bits per heavy atom. The summed E-state index contributed by atoms with van der Waals surface area (Å²) in [4.78, 5) is 4.20. The van der Waals surface area contributed by atoms with Gasteiger partial charge in [-0.15, -0.1) is 0 Å². The van der Waals surface area contributed by atoms with E-state index in [1.165, 1.54) is 0 Å². The quantitative estimate of drug-likeness (QED) is 0.847. The molecule has 2 atom stereocenters. The summed E-state index contributed by atoms with van der Waals surface area (Å²) in [6, 6.07) is 9.22. The van der Waals surface area contributed by atoms with Gasteiger partial charge in [0.05, 0.1) is 11.6 Å². The van der Waals surface area contributed by atoms with Crippen LogP contribution in [0.3, 0.4) is 0 Å². The van der Waals surface area contributed by atoms with E-state index in [1.54, 1.807) is 12.3 Å². The minimum absolute atomic E-state index is 0.338. The topological polar surface area (TPSA) is 53.4 Å². The summed E-state index contributed by atoms with van der Waals surface area (Å²) < 4.78 is 0. The predicted molar refractivity (Wildman–Crippen MR) is 66.5 cm³/mol. The average Bonchev–Trinajstić information content (AvgIpc) is 2.36. The number of aliphatic hydroxyl groups excluding tert-OH is 2. The van der Waals surface area contributed by atoms with Crippen LogP contribution in [0, 0.1) is 0 Å². The third-order valence-corrected chi connectivity index (χ3v) is 3.18. The van der Waals surface area contributed by atoms with Crippen molar-refractivity contribution in [3.05, 3.63) is 42.1 Å². The van der Waals surface area contributed by atoms with Gasteiger partial charge in [-0.1, -0.05) is 34.1 Å². The van der Waals surface area contributed by atoms with Crippen molar-refractivity contribution in [1.29, 1.82) is 0 Å². The van der Waals surface area contributed by atoms with Gasteiger partial charge in [0.25, 0.3) is 0 Å². The fourth-order valence-electron chi connectivity index (χ4n) is 1.68. The molecule has 2 rings (SSSR count). The second kappa shape index (κ2) is 4.91. The Morgan fingerprint density at radius 1 is 1.19 bits per heavy atom. The molecule has 0 aliphatic heterocycles. The SMILES string of the molecule is OC(CBr)C(O)c1cccc2ncccc12. The molecule has 3 nitrogen and oxygen atoms in total. The Bertz CT molecular complexity index is 484. The molecule has 84 valence electrons. The Morgan fingerprint density at radius 2 is 2.00 bits per heavy atom. The van der Waals surface area contributed by atoms with Crippen LogP contribution in [0.5, 0.6) is 0 Å². The van der Waals surface area contributed by atoms with Crippen LogP contribution in [0.15, 0.2) is 36.5 Å². The molecule has 16 heavy (non-hydrogen) atoms. The van der Waals surface area contributed by atoms with Gasteiger partial charge in [0.15, 0.2) is 0 Å². The van der Waals surface area contributed by atoms with Crippen molar-refractivity contribution in [2.45, 2.75) is 12.2 Å². The minimum Gasteiger partial charge on any atom is -0.389 e. The van der Waals surface area contributed by atoms with Crippen LogP contribution < -0.4 is 0 Å². The van der Waals surface area contributed by atoms with Crippen LogP contribution in [0.1, 0.15) is 11.7 Å². The number of aliphatic hydroxyl groups is 2. The van der Waals surface area contributed by atoms with E-state index in [0.717, 1.165) is 10.9 Å². The molecule has 0 bridgehead atoms. The largest absolute Gasteiger partial charge is 0.389 e. The van der Waals surface area contributed by atoms with Gasteiger partial charge in [0.2, 0.25) is 0 Å². The summed E-state index contributed by atoms with van der Waals surface area (Å²) >= 11 is 3.15. The lowest BCUT2D eigenvalue weighted by atomic mass is 10.0. The summed E-state index contributed by atoms with van der Waals surface area (Å²) in [7, 11) is 0. The molecule has 2 N–H and O–H groups in total. The Kier molecular flexibility index (Phi) is 3.53. The van der Waals surface area contributed by atoms with Gasteiger partial charge in [0, 0.05) is 16.9 Å². The summed E-state index contributed by atoms with van der Waals surface area (Å²) in [5.41, 5.74) is 1.53. The number of nitrogens with zero attached hydrogens (tertiary/aromatic N) is 1. The Hall–Kier alpha value is -0.970. The molecule has 0 spiro atoms. The molecular weight excluding hydrogens is 270 g/mol. The fraction of sp³-hybridized carbons (Fsp3) is 0.250.